The molecule has 0 saturated heterocycles. The highest BCUT2D eigenvalue weighted by Gasteiger charge is 2.36. The van der Waals surface area contributed by atoms with Gasteiger partial charge in [-0.2, -0.15) is 5.11 Å². The molecule has 4 heterocycles. The molecule has 0 radical (unpaired) electrons. The van der Waals surface area contributed by atoms with Crippen molar-refractivity contribution in [2.45, 2.75) is 13.8 Å². The molecule has 13 aromatic rings. The van der Waals surface area contributed by atoms with Gasteiger partial charge in [0.15, 0.2) is 5.75 Å². The number of carbonyl (C=O) groups is 4. The monoisotopic (exact) mass is 1180 g/mol. The topological polar surface area (TPSA) is 244 Å². The molecule has 0 aliphatic carbocycles. The van der Waals surface area contributed by atoms with E-state index in [4.69, 9.17) is 14.5 Å². The van der Waals surface area contributed by atoms with Crippen molar-refractivity contribution in [3.63, 3.8) is 0 Å². The molecule has 2 aromatic heterocycles. The van der Waals surface area contributed by atoms with Crippen LogP contribution in [0.15, 0.2) is 221 Å². The molecular weight excluding hydrogens is 1130 g/mol. The van der Waals surface area contributed by atoms with Crippen molar-refractivity contribution in [2.24, 2.45) is 15.2 Å². The lowest BCUT2D eigenvalue weighted by Gasteiger charge is -2.19. The van der Waals surface area contributed by atoms with E-state index < -0.39 is 11.8 Å². The number of para-hydroxylation sites is 3. The van der Waals surface area contributed by atoms with Crippen LogP contribution >= 0.6 is 0 Å². The molecular formula is C73H53N9O8. The molecule has 0 fully saturated rings. The minimum Gasteiger partial charge on any atom is -0.507 e. The van der Waals surface area contributed by atoms with Gasteiger partial charge in [0.1, 0.15) is 34.3 Å². The summed E-state index contributed by atoms with van der Waals surface area (Å²) in [5.74, 6) is -0.267. The molecule has 90 heavy (non-hydrogen) atoms. The summed E-state index contributed by atoms with van der Waals surface area (Å²) in [5.41, 5.74) is 10.7. The fraction of sp³-hybridized carbons (Fsp3) is 0.0548. The lowest BCUT2D eigenvalue weighted by Crippen LogP contribution is -2.30. The predicted molar refractivity (Wildman–Crippen MR) is 354 cm³/mol. The first-order chi connectivity index (χ1) is 43.8. The van der Waals surface area contributed by atoms with Gasteiger partial charge >= 0.3 is 0 Å². The minimum absolute atomic E-state index is 0.0139. The van der Waals surface area contributed by atoms with Gasteiger partial charge in [-0.25, -0.2) is 4.99 Å². The van der Waals surface area contributed by atoms with E-state index in [1.807, 2.05) is 117 Å². The van der Waals surface area contributed by atoms with E-state index in [0.717, 1.165) is 76.8 Å². The van der Waals surface area contributed by atoms with E-state index in [1.54, 1.807) is 105 Å². The number of aryl methyl sites for hydroxylation is 2. The second-order valence-corrected chi connectivity index (χ2v) is 21.8. The van der Waals surface area contributed by atoms with Gasteiger partial charge < -0.3 is 50.9 Å². The van der Waals surface area contributed by atoms with Crippen LogP contribution < -0.4 is 30.7 Å². The number of amidine groups is 1. The van der Waals surface area contributed by atoms with Gasteiger partial charge in [-0.05, 0) is 139 Å². The number of hydrogen-bond donors (Lipinski definition) is 8. The number of aliphatic imine (C=N–C) groups is 1. The van der Waals surface area contributed by atoms with Crippen molar-refractivity contribution < 1.29 is 38.9 Å². The summed E-state index contributed by atoms with van der Waals surface area (Å²) in [7, 11) is 3.18. The number of amides is 3. The van der Waals surface area contributed by atoms with Crippen LogP contribution in [-0.2, 0) is 4.79 Å². The minimum atomic E-state index is -0.515. The largest absolute Gasteiger partial charge is 0.507 e. The molecule has 0 saturated carbocycles. The number of Topliss-reactive ketones (excluding diaryl/α,β-unsaturated/α-hetero) is 1. The van der Waals surface area contributed by atoms with E-state index >= 15 is 0 Å². The van der Waals surface area contributed by atoms with E-state index in [0.29, 0.717) is 67.6 Å². The number of hydrogen-bond acceptors (Lipinski definition) is 11. The van der Waals surface area contributed by atoms with E-state index in [-0.39, 0.29) is 45.6 Å². The number of phenols is 2. The smallest absolute Gasteiger partial charge is 0.261 e. The summed E-state index contributed by atoms with van der Waals surface area (Å²) in [6.45, 7) is 3.75. The Morgan fingerprint density at radius 1 is 0.500 bits per heavy atom. The zero-order chi connectivity index (χ0) is 61.9. The second-order valence-electron chi connectivity index (χ2n) is 21.8. The first-order valence-electron chi connectivity index (χ1n) is 28.7. The van der Waals surface area contributed by atoms with Gasteiger partial charge in [-0.15, -0.1) is 5.11 Å². The number of anilines is 3. The number of nitrogens with zero attached hydrogens (tertiary/aromatic N) is 3. The van der Waals surface area contributed by atoms with Crippen molar-refractivity contribution in [2.75, 3.05) is 30.2 Å². The summed E-state index contributed by atoms with van der Waals surface area (Å²) in [6.07, 6.45) is 0. The van der Waals surface area contributed by atoms with Gasteiger partial charge in [0, 0.05) is 71.4 Å². The van der Waals surface area contributed by atoms with Crippen LogP contribution in [0.5, 0.6) is 23.0 Å². The SMILES string of the molecule is COc1ccc(NC(=O)c2cc3ccc4c5ccccc5[nH]c4c3c(N=Nc3ccc(N=C4N/C(=C5/C(=O)Nc6ccccc6C5=O)c5ccccc54)cc3)c2O)c(C)c1.COc1ccc(NC(=O)c2cc3ccc4c5ccccc5[nH]c4c3cc2O)c(C)c1. The summed E-state index contributed by atoms with van der Waals surface area (Å²) < 4.78 is 10.5. The number of rotatable bonds is 9. The van der Waals surface area contributed by atoms with Gasteiger partial charge in [-0.1, -0.05) is 97.1 Å². The second kappa shape index (κ2) is 22.5. The summed E-state index contributed by atoms with van der Waals surface area (Å²) >= 11 is 0. The number of fused-ring (bicyclic) bond motifs is 12. The predicted octanol–water partition coefficient (Wildman–Crippen LogP) is 16.1. The molecule has 2 aliphatic rings. The molecule has 0 unspecified atom stereocenters. The normalized spacial score (nSPS) is 14.0. The van der Waals surface area contributed by atoms with Crippen molar-refractivity contribution in [3.05, 3.63) is 245 Å². The molecule has 438 valence electrons. The Hall–Kier alpha value is -12.4. The van der Waals surface area contributed by atoms with E-state index in [2.05, 4.69) is 47.5 Å². The van der Waals surface area contributed by atoms with Gasteiger partial charge in [-0.3, -0.25) is 19.2 Å². The third-order valence-electron chi connectivity index (χ3n) is 16.4. The fourth-order valence-corrected chi connectivity index (χ4v) is 11.8. The molecule has 11 aromatic carbocycles. The first-order valence-corrected chi connectivity index (χ1v) is 28.7. The fourth-order valence-electron chi connectivity index (χ4n) is 11.8. The number of aromatic nitrogens is 2. The average molecular weight is 1180 g/mol. The molecule has 3 amide bonds. The Kier molecular flexibility index (Phi) is 13.9. The van der Waals surface area contributed by atoms with Crippen LogP contribution in [0.25, 0.3) is 70.9 Å². The van der Waals surface area contributed by atoms with Crippen LogP contribution in [0.1, 0.15) is 53.3 Å². The van der Waals surface area contributed by atoms with E-state index in [9.17, 15) is 29.4 Å². The zero-order valence-corrected chi connectivity index (χ0v) is 48.7. The lowest BCUT2D eigenvalue weighted by molar-refractivity contribution is -0.112. The zero-order valence-electron chi connectivity index (χ0n) is 48.7. The van der Waals surface area contributed by atoms with Crippen LogP contribution in [0.2, 0.25) is 0 Å². The summed E-state index contributed by atoms with van der Waals surface area (Å²) in [4.78, 5) is 65.3. The lowest BCUT2D eigenvalue weighted by atomic mass is 9.93. The van der Waals surface area contributed by atoms with E-state index in [1.165, 1.54) is 0 Å². The number of ether oxygens (including phenoxy) is 2. The molecule has 0 atom stereocenters. The maximum Gasteiger partial charge on any atom is 0.261 e. The standard InChI is InChI=1S/C48H33N7O5.C25H20N2O3/c1-25-23-29(60-2)20-22-36(25)51-47(58)35-24-26-15-21-32-30-9-5-7-13-37(30)50-41(32)39(26)43(45(35)57)55-54-28-18-16-27(17-19-28)49-46-33-11-4-3-10-31(33)42(53-46)40-44(56)34-12-6-8-14-38(34)52-48(40)59;1-14-11-16(30-2)8-10-21(14)27-25(29)20-12-15-7-9-18-17-5-3-4-6-22(17)26-24(18)19(15)13-23(20)28/h3-24,50,57H,1-2H3,(H,49,53)(H,51,58)(H,52,59);3-13,26,28H,1-2H3,(H,27,29)/b42-40+,55-54?;. The number of azo groups is 1. The highest BCUT2D eigenvalue weighted by Crippen LogP contribution is 2.45. The Labute approximate surface area is 513 Å². The number of H-pyrrole nitrogens is 2. The number of benzene rings is 11. The van der Waals surface area contributed by atoms with Crippen LogP contribution in [-0.4, -0.2) is 63.7 Å². The Bertz CT molecular complexity index is 5310. The number of methoxy groups -OCH3 is 2. The number of carbonyl (C=O) groups excluding carboxylic acids is 4. The van der Waals surface area contributed by atoms with Crippen molar-refractivity contribution >= 4 is 134 Å². The molecule has 0 spiro atoms. The maximum atomic E-state index is 13.8. The summed E-state index contributed by atoms with van der Waals surface area (Å²) in [5, 5.41) is 50.7. The molecule has 0 bridgehead atoms. The molecule has 17 nitrogen and oxygen atoms in total. The number of nitrogens with one attached hydrogen (secondary N) is 6. The van der Waals surface area contributed by atoms with Crippen molar-refractivity contribution in [3.8, 4) is 23.0 Å². The average Bonchev–Trinajstić information content (AvgIpc) is 1.53. The third kappa shape index (κ3) is 9.87. The molecule has 8 N–H and O–H groups in total. The van der Waals surface area contributed by atoms with Crippen LogP contribution in [0, 0.1) is 13.8 Å². The van der Waals surface area contributed by atoms with Gasteiger partial charge in [0.05, 0.1) is 59.1 Å². The van der Waals surface area contributed by atoms with Gasteiger partial charge in [0.2, 0.25) is 5.78 Å². The Balaban J connectivity index is 0.000000197. The van der Waals surface area contributed by atoms with Crippen LogP contribution in [0.3, 0.4) is 0 Å². The number of ketones is 1. The Morgan fingerprint density at radius 3 is 1.71 bits per heavy atom. The van der Waals surface area contributed by atoms with Gasteiger partial charge in [0.25, 0.3) is 17.7 Å². The highest BCUT2D eigenvalue weighted by atomic mass is 16.5. The van der Waals surface area contributed by atoms with Crippen LogP contribution in [0.4, 0.5) is 34.1 Å². The highest BCUT2D eigenvalue weighted by molar-refractivity contribution is 6.38. The maximum absolute atomic E-state index is 13.8. The number of phenolic OH excluding ortho intramolecular Hbond substituents is 2. The van der Waals surface area contributed by atoms with Crippen molar-refractivity contribution in [1.29, 1.82) is 0 Å². The van der Waals surface area contributed by atoms with Crippen molar-refractivity contribution in [1.82, 2.24) is 15.3 Å². The third-order valence-corrected chi connectivity index (χ3v) is 16.4. The molecule has 2 aliphatic heterocycles. The quantitative estimate of drug-likeness (QED) is 0.0389. The first kappa shape index (κ1) is 55.5. The number of aromatic hydroxyl groups is 2. The number of aromatic amines is 2. The summed E-state index contributed by atoms with van der Waals surface area (Å²) in [6, 6.07) is 61.1. The molecule has 17 heteroatoms. The molecule has 15 rings (SSSR count). The Morgan fingerprint density at radius 2 is 1.06 bits per heavy atom.